The zero-order valence-electron chi connectivity index (χ0n) is 16.8. The molecule has 31 heavy (non-hydrogen) atoms. The molecule has 0 fully saturated rings. The average molecular weight is 417 g/mol. The molecule has 1 aliphatic heterocycles. The van der Waals surface area contributed by atoms with Crippen LogP contribution in [0, 0.1) is 11.7 Å². The highest BCUT2D eigenvalue weighted by Gasteiger charge is 2.38. The first-order valence-corrected chi connectivity index (χ1v) is 9.81. The monoisotopic (exact) mass is 417 g/mol. The molecule has 0 radical (unpaired) electrons. The van der Waals surface area contributed by atoms with E-state index in [1.807, 2.05) is 6.07 Å². The van der Waals surface area contributed by atoms with Gasteiger partial charge in [0.25, 0.3) is 5.91 Å². The molecule has 156 valence electrons. The topological polar surface area (TPSA) is 79.4 Å². The number of amides is 2. The quantitative estimate of drug-likeness (QED) is 0.647. The fraction of sp³-hybridized carbons (Fsp3) is 0.167. The molecule has 7 heteroatoms. The van der Waals surface area contributed by atoms with E-state index in [2.05, 4.69) is 10.3 Å². The number of nitrogens with one attached hydrogen (secondary N) is 1. The number of rotatable bonds is 5. The van der Waals surface area contributed by atoms with Crippen LogP contribution in [0.25, 0.3) is 0 Å². The fourth-order valence-electron chi connectivity index (χ4n) is 3.69. The molecular formula is C24H20FN3O3. The summed E-state index contributed by atoms with van der Waals surface area (Å²) in [5.41, 5.74) is 2.49. The van der Waals surface area contributed by atoms with E-state index in [1.54, 1.807) is 49.8 Å². The van der Waals surface area contributed by atoms with Crippen molar-refractivity contribution in [1.82, 2.24) is 10.3 Å². The Balaban J connectivity index is 1.57. The maximum Gasteiger partial charge on any atom is 0.251 e. The van der Waals surface area contributed by atoms with Crippen LogP contribution in [-0.4, -0.2) is 29.6 Å². The van der Waals surface area contributed by atoms with Crippen molar-refractivity contribution >= 4 is 23.3 Å². The lowest BCUT2D eigenvalue weighted by Crippen LogP contribution is -2.43. The number of benzene rings is 2. The van der Waals surface area contributed by atoms with Crippen LogP contribution in [0.3, 0.4) is 0 Å². The Kier molecular flexibility index (Phi) is 5.58. The van der Waals surface area contributed by atoms with Gasteiger partial charge in [-0.15, -0.1) is 0 Å². The molecule has 6 nitrogen and oxygen atoms in total. The second-order valence-electron chi connectivity index (χ2n) is 7.42. The Morgan fingerprint density at radius 2 is 1.90 bits per heavy atom. The van der Waals surface area contributed by atoms with Gasteiger partial charge in [-0.1, -0.05) is 18.2 Å². The van der Waals surface area contributed by atoms with Crippen LogP contribution in [-0.2, 0) is 17.8 Å². The first-order valence-electron chi connectivity index (χ1n) is 9.81. The minimum Gasteiger partial charge on any atom is -0.348 e. The van der Waals surface area contributed by atoms with Crippen LogP contribution in [0.1, 0.15) is 31.8 Å². The van der Waals surface area contributed by atoms with Crippen LogP contribution in [0.4, 0.5) is 10.1 Å². The van der Waals surface area contributed by atoms with Crippen molar-refractivity contribution in [2.45, 2.75) is 13.0 Å². The molecule has 1 aliphatic rings. The number of hydrogen-bond acceptors (Lipinski definition) is 4. The summed E-state index contributed by atoms with van der Waals surface area (Å²) in [5.74, 6) is -2.44. The minimum atomic E-state index is -0.965. The lowest BCUT2D eigenvalue weighted by Gasteiger charge is -2.30. The standard InChI is InChI=1S/C24H20FN3O3/c1-28-21-8-7-17(23(30)27-14-16-5-3-9-26-13-16)12-19(21)22(29)20(24(28)31)11-15-4-2-6-18(25)10-15/h2-10,12-13,20H,11,14H2,1H3,(H,27,30). The van der Waals surface area contributed by atoms with E-state index in [9.17, 15) is 18.8 Å². The molecule has 2 amide bonds. The second kappa shape index (κ2) is 8.47. The minimum absolute atomic E-state index is 0.0939. The van der Waals surface area contributed by atoms with E-state index in [0.717, 1.165) is 5.56 Å². The highest BCUT2D eigenvalue weighted by Crippen LogP contribution is 2.32. The molecule has 1 aromatic heterocycles. The molecule has 1 unspecified atom stereocenters. The van der Waals surface area contributed by atoms with Gasteiger partial charge in [0.15, 0.2) is 5.78 Å². The van der Waals surface area contributed by atoms with Gasteiger partial charge in [0, 0.05) is 37.1 Å². The summed E-state index contributed by atoms with van der Waals surface area (Å²) in [4.78, 5) is 44.0. The molecule has 0 saturated carbocycles. The van der Waals surface area contributed by atoms with Gasteiger partial charge in [0.1, 0.15) is 11.7 Å². The van der Waals surface area contributed by atoms with E-state index in [4.69, 9.17) is 0 Å². The van der Waals surface area contributed by atoms with E-state index < -0.39 is 11.7 Å². The van der Waals surface area contributed by atoms with Crippen LogP contribution in [0.5, 0.6) is 0 Å². The van der Waals surface area contributed by atoms with Gasteiger partial charge in [-0.3, -0.25) is 19.4 Å². The summed E-state index contributed by atoms with van der Waals surface area (Å²) < 4.78 is 13.5. The number of aromatic nitrogens is 1. The summed E-state index contributed by atoms with van der Waals surface area (Å²) >= 11 is 0. The molecule has 3 aromatic rings. The molecule has 1 N–H and O–H groups in total. The molecule has 1 atom stereocenters. The molecule has 4 rings (SSSR count). The predicted molar refractivity (Wildman–Crippen MR) is 113 cm³/mol. The van der Waals surface area contributed by atoms with Gasteiger partial charge in [0.2, 0.25) is 5.91 Å². The van der Waals surface area contributed by atoms with Crippen molar-refractivity contribution in [1.29, 1.82) is 0 Å². The predicted octanol–water partition coefficient (Wildman–Crippen LogP) is 3.17. The lowest BCUT2D eigenvalue weighted by molar-refractivity contribution is -0.121. The van der Waals surface area contributed by atoms with E-state index >= 15 is 0 Å². The molecule has 0 bridgehead atoms. The second-order valence-corrected chi connectivity index (χ2v) is 7.42. The zero-order valence-corrected chi connectivity index (χ0v) is 16.8. The smallest absolute Gasteiger partial charge is 0.251 e. The first kappa shape index (κ1) is 20.4. The Bertz CT molecular complexity index is 1160. The van der Waals surface area contributed by atoms with Gasteiger partial charge in [-0.2, -0.15) is 0 Å². The normalized spacial score (nSPS) is 15.5. The molecule has 0 saturated heterocycles. The third-order valence-electron chi connectivity index (χ3n) is 5.34. The third-order valence-corrected chi connectivity index (χ3v) is 5.34. The van der Waals surface area contributed by atoms with Crippen molar-refractivity contribution < 1.29 is 18.8 Å². The molecule has 2 heterocycles. The highest BCUT2D eigenvalue weighted by molar-refractivity contribution is 6.22. The Labute approximate surface area is 178 Å². The summed E-state index contributed by atoms with van der Waals surface area (Å²) in [6, 6.07) is 14.2. The van der Waals surface area contributed by atoms with Crippen LogP contribution in [0.15, 0.2) is 67.0 Å². The van der Waals surface area contributed by atoms with Gasteiger partial charge in [-0.25, -0.2) is 4.39 Å². The Morgan fingerprint density at radius 3 is 2.65 bits per heavy atom. The SMILES string of the molecule is CN1C(=O)C(Cc2cccc(F)c2)C(=O)c2cc(C(=O)NCc3cccnc3)ccc21. The zero-order chi connectivity index (χ0) is 22.0. The third kappa shape index (κ3) is 4.21. The maximum atomic E-state index is 13.5. The average Bonchev–Trinajstić information content (AvgIpc) is 2.79. The number of halogens is 1. The van der Waals surface area contributed by atoms with Crippen molar-refractivity contribution in [2.75, 3.05) is 11.9 Å². The summed E-state index contributed by atoms with van der Waals surface area (Å²) in [6.07, 6.45) is 3.41. The number of anilines is 1. The number of nitrogens with zero attached hydrogens (tertiary/aromatic N) is 2. The van der Waals surface area contributed by atoms with E-state index in [1.165, 1.54) is 23.1 Å². The first-order chi connectivity index (χ1) is 14.9. The van der Waals surface area contributed by atoms with E-state index in [-0.39, 0.29) is 24.0 Å². The number of carbonyl (C=O) groups is 3. The van der Waals surface area contributed by atoms with Gasteiger partial charge < -0.3 is 10.2 Å². The maximum absolute atomic E-state index is 13.5. The van der Waals surface area contributed by atoms with Crippen LogP contribution >= 0.6 is 0 Å². The van der Waals surface area contributed by atoms with Crippen molar-refractivity contribution in [3.05, 3.63) is 95.1 Å². The van der Waals surface area contributed by atoms with Crippen molar-refractivity contribution in [3.8, 4) is 0 Å². The van der Waals surface area contributed by atoms with Gasteiger partial charge in [-0.05, 0) is 53.9 Å². The number of Topliss-reactive ketones (excluding diaryl/α,β-unsaturated/α-hetero) is 1. The van der Waals surface area contributed by atoms with Crippen LogP contribution < -0.4 is 10.2 Å². The fourth-order valence-corrected chi connectivity index (χ4v) is 3.69. The summed E-state index contributed by atoms with van der Waals surface area (Å²) in [6.45, 7) is 0.304. The molecule has 0 aliphatic carbocycles. The highest BCUT2D eigenvalue weighted by atomic mass is 19.1. The number of hydrogen-bond donors (Lipinski definition) is 1. The number of carbonyl (C=O) groups excluding carboxylic acids is 3. The number of fused-ring (bicyclic) bond motifs is 1. The molecule has 0 spiro atoms. The molecular weight excluding hydrogens is 397 g/mol. The van der Waals surface area contributed by atoms with Gasteiger partial charge >= 0.3 is 0 Å². The van der Waals surface area contributed by atoms with Crippen molar-refractivity contribution in [3.63, 3.8) is 0 Å². The summed E-state index contributed by atoms with van der Waals surface area (Å²) in [7, 11) is 1.59. The van der Waals surface area contributed by atoms with Crippen LogP contribution in [0.2, 0.25) is 0 Å². The largest absolute Gasteiger partial charge is 0.348 e. The summed E-state index contributed by atoms with van der Waals surface area (Å²) in [5, 5.41) is 2.80. The van der Waals surface area contributed by atoms with Crippen molar-refractivity contribution in [2.24, 2.45) is 5.92 Å². The lowest BCUT2D eigenvalue weighted by atomic mass is 9.85. The number of ketones is 1. The number of pyridine rings is 1. The van der Waals surface area contributed by atoms with Gasteiger partial charge in [0.05, 0.1) is 5.69 Å². The molecule has 2 aromatic carbocycles. The Morgan fingerprint density at radius 1 is 1.10 bits per heavy atom. The van der Waals surface area contributed by atoms with E-state index in [0.29, 0.717) is 28.9 Å². The Hall–Kier alpha value is -3.87.